The Kier molecular flexibility index (Phi) is 7.04. The molecular formula is C24H27NO3. The molecule has 0 saturated heterocycles. The van der Waals surface area contributed by atoms with Crippen LogP contribution in [0.4, 0.5) is 0 Å². The fourth-order valence-corrected chi connectivity index (χ4v) is 3.16. The average molecular weight is 377 g/mol. The molecule has 0 aliphatic rings. The number of fused-ring (bicyclic) bond motifs is 1. The van der Waals surface area contributed by atoms with Crippen LogP contribution in [0.2, 0.25) is 0 Å². The average Bonchev–Trinajstić information content (AvgIpc) is 2.74. The van der Waals surface area contributed by atoms with Crippen molar-refractivity contribution in [1.82, 2.24) is 5.32 Å². The molecule has 0 fully saturated rings. The van der Waals surface area contributed by atoms with Crippen LogP contribution < -0.4 is 10.1 Å². The molecule has 3 rings (SSSR count). The summed E-state index contributed by atoms with van der Waals surface area (Å²) in [6.45, 7) is 3.21. The molecule has 146 valence electrons. The minimum atomic E-state index is -0.624. The molecule has 1 unspecified atom stereocenters. The number of unbranched alkanes of at least 4 members (excludes halogenated alkanes) is 1. The Balaban J connectivity index is 1.52. The van der Waals surface area contributed by atoms with Crippen LogP contribution in [-0.4, -0.2) is 24.2 Å². The fourth-order valence-electron chi connectivity index (χ4n) is 3.16. The standard InChI is InChI=1S/C24H27NO3/c1-2-3-17-28-20-13-11-19(12-14-20)24(27)25-16-15-23(26)22-10-6-8-18-7-4-5-9-21(18)22/h4-14,23,26H,2-3,15-17H2,1H3,(H,25,27). The quantitative estimate of drug-likeness (QED) is 0.523. The van der Waals surface area contributed by atoms with Gasteiger partial charge in [-0.05, 0) is 53.4 Å². The molecule has 0 bridgehead atoms. The van der Waals surface area contributed by atoms with E-state index in [9.17, 15) is 9.90 Å². The Hall–Kier alpha value is -2.85. The van der Waals surface area contributed by atoms with E-state index in [4.69, 9.17) is 4.74 Å². The molecule has 1 atom stereocenters. The van der Waals surface area contributed by atoms with Crippen molar-refractivity contribution in [3.8, 4) is 5.75 Å². The van der Waals surface area contributed by atoms with Crippen molar-refractivity contribution in [2.45, 2.75) is 32.3 Å². The predicted octanol–water partition coefficient (Wildman–Crippen LogP) is 4.87. The second-order valence-electron chi connectivity index (χ2n) is 6.86. The molecule has 4 nitrogen and oxygen atoms in total. The van der Waals surface area contributed by atoms with Crippen molar-refractivity contribution < 1.29 is 14.6 Å². The largest absolute Gasteiger partial charge is 0.494 e. The van der Waals surface area contributed by atoms with Crippen LogP contribution in [0.25, 0.3) is 10.8 Å². The van der Waals surface area contributed by atoms with Crippen molar-refractivity contribution in [1.29, 1.82) is 0 Å². The second kappa shape index (κ2) is 9.90. The van der Waals surface area contributed by atoms with Gasteiger partial charge < -0.3 is 15.2 Å². The van der Waals surface area contributed by atoms with Gasteiger partial charge in [-0.3, -0.25) is 4.79 Å². The third-order valence-corrected chi connectivity index (χ3v) is 4.77. The smallest absolute Gasteiger partial charge is 0.251 e. The summed E-state index contributed by atoms with van der Waals surface area (Å²) in [5.41, 5.74) is 1.48. The Labute approximate surface area is 166 Å². The number of carbonyl (C=O) groups excluding carboxylic acids is 1. The lowest BCUT2D eigenvalue weighted by Gasteiger charge is -2.14. The van der Waals surface area contributed by atoms with Crippen molar-refractivity contribution in [3.63, 3.8) is 0 Å². The van der Waals surface area contributed by atoms with Crippen LogP contribution in [0.3, 0.4) is 0 Å². The summed E-state index contributed by atoms with van der Waals surface area (Å²) >= 11 is 0. The Morgan fingerprint density at radius 3 is 2.57 bits per heavy atom. The van der Waals surface area contributed by atoms with Gasteiger partial charge in [0.25, 0.3) is 5.91 Å². The van der Waals surface area contributed by atoms with E-state index >= 15 is 0 Å². The van der Waals surface area contributed by atoms with Crippen LogP contribution in [0, 0.1) is 0 Å². The van der Waals surface area contributed by atoms with Gasteiger partial charge >= 0.3 is 0 Å². The molecule has 28 heavy (non-hydrogen) atoms. The lowest BCUT2D eigenvalue weighted by atomic mass is 9.99. The Bertz CT molecular complexity index is 900. The number of ether oxygens (including phenoxy) is 1. The van der Waals surface area contributed by atoms with E-state index in [0.717, 1.165) is 34.9 Å². The molecule has 0 saturated carbocycles. The van der Waals surface area contributed by atoms with E-state index in [1.165, 1.54) is 0 Å². The van der Waals surface area contributed by atoms with Gasteiger partial charge in [0.2, 0.25) is 0 Å². The fraction of sp³-hybridized carbons (Fsp3) is 0.292. The van der Waals surface area contributed by atoms with Gasteiger partial charge in [-0.25, -0.2) is 0 Å². The molecule has 0 radical (unpaired) electrons. The van der Waals surface area contributed by atoms with E-state index in [-0.39, 0.29) is 5.91 Å². The molecule has 0 aromatic heterocycles. The Morgan fingerprint density at radius 1 is 1.04 bits per heavy atom. The highest BCUT2D eigenvalue weighted by molar-refractivity contribution is 5.94. The van der Waals surface area contributed by atoms with Gasteiger partial charge in [-0.1, -0.05) is 55.8 Å². The number of hydrogen-bond acceptors (Lipinski definition) is 3. The molecule has 0 aliphatic carbocycles. The highest BCUT2D eigenvalue weighted by Crippen LogP contribution is 2.25. The maximum atomic E-state index is 12.3. The SMILES string of the molecule is CCCCOc1ccc(C(=O)NCCC(O)c2cccc3ccccc23)cc1. The topological polar surface area (TPSA) is 58.6 Å². The molecule has 1 amide bonds. The molecule has 0 aliphatic heterocycles. The van der Waals surface area contributed by atoms with E-state index in [0.29, 0.717) is 25.1 Å². The zero-order valence-electron chi connectivity index (χ0n) is 16.2. The monoisotopic (exact) mass is 377 g/mol. The van der Waals surface area contributed by atoms with Gasteiger partial charge in [-0.2, -0.15) is 0 Å². The third kappa shape index (κ3) is 5.11. The summed E-state index contributed by atoms with van der Waals surface area (Å²) in [6.07, 6.45) is 1.94. The normalized spacial score (nSPS) is 11.9. The van der Waals surface area contributed by atoms with Crippen LogP contribution in [0.15, 0.2) is 66.7 Å². The highest BCUT2D eigenvalue weighted by atomic mass is 16.5. The lowest BCUT2D eigenvalue weighted by molar-refractivity contribution is 0.0943. The van der Waals surface area contributed by atoms with Crippen molar-refractivity contribution in [2.24, 2.45) is 0 Å². The molecule has 2 N–H and O–H groups in total. The van der Waals surface area contributed by atoms with Crippen LogP contribution in [0.1, 0.15) is 48.2 Å². The predicted molar refractivity (Wildman–Crippen MR) is 113 cm³/mol. The van der Waals surface area contributed by atoms with Crippen molar-refractivity contribution in [3.05, 3.63) is 77.9 Å². The molecule has 3 aromatic rings. The molecule has 0 spiro atoms. The number of aliphatic hydroxyl groups excluding tert-OH is 1. The summed E-state index contributed by atoms with van der Waals surface area (Å²) in [4.78, 5) is 12.3. The van der Waals surface area contributed by atoms with Crippen LogP contribution in [0.5, 0.6) is 5.75 Å². The van der Waals surface area contributed by atoms with Crippen molar-refractivity contribution in [2.75, 3.05) is 13.2 Å². The van der Waals surface area contributed by atoms with Crippen LogP contribution in [-0.2, 0) is 0 Å². The van der Waals surface area contributed by atoms with Crippen LogP contribution >= 0.6 is 0 Å². The maximum Gasteiger partial charge on any atom is 0.251 e. The maximum absolute atomic E-state index is 12.3. The summed E-state index contributed by atoms with van der Waals surface area (Å²) in [6, 6.07) is 21.1. The third-order valence-electron chi connectivity index (χ3n) is 4.77. The number of hydrogen-bond donors (Lipinski definition) is 2. The number of carbonyl (C=O) groups is 1. The highest BCUT2D eigenvalue weighted by Gasteiger charge is 2.12. The van der Waals surface area contributed by atoms with E-state index in [2.05, 4.69) is 12.2 Å². The minimum Gasteiger partial charge on any atom is -0.494 e. The zero-order valence-corrected chi connectivity index (χ0v) is 16.2. The van der Waals surface area contributed by atoms with Gasteiger partial charge in [0.15, 0.2) is 0 Å². The van der Waals surface area contributed by atoms with E-state index < -0.39 is 6.10 Å². The number of benzene rings is 3. The van der Waals surface area contributed by atoms with Gasteiger partial charge in [0.1, 0.15) is 5.75 Å². The number of rotatable bonds is 9. The summed E-state index contributed by atoms with van der Waals surface area (Å²) in [5, 5.41) is 15.6. The molecule has 4 heteroatoms. The summed E-state index contributed by atoms with van der Waals surface area (Å²) in [5.74, 6) is 0.626. The number of aliphatic hydroxyl groups is 1. The van der Waals surface area contributed by atoms with Gasteiger partial charge in [0, 0.05) is 12.1 Å². The first kappa shape index (κ1) is 19.9. The van der Waals surface area contributed by atoms with Gasteiger partial charge in [0.05, 0.1) is 12.7 Å². The molecule has 0 heterocycles. The van der Waals surface area contributed by atoms with Gasteiger partial charge in [-0.15, -0.1) is 0 Å². The molecule has 3 aromatic carbocycles. The van der Waals surface area contributed by atoms with E-state index in [1.54, 1.807) is 12.1 Å². The Morgan fingerprint density at radius 2 is 1.79 bits per heavy atom. The second-order valence-corrected chi connectivity index (χ2v) is 6.86. The van der Waals surface area contributed by atoms with Crippen molar-refractivity contribution >= 4 is 16.7 Å². The first-order valence-electron chi connectivity index (χ1n) is 9.86. The lowest BCUT2D eigenvalue weighted by Crippen LogP contribution is -2.25. The molecular weight excluding hydrogens is 350 g/mol. The minimum absolute atomic E-state index is 0.148. The first-order valence-corrected chi connectivity index (χ1v) is 9.86. The van der Waals surface area contributed by atoms with E-state index in [1.807, 2.05) is 54.6 Å². The summed E-state index contributed by atoms with van der Waals surface area (Å²) < 4.78 is 5.61. The zero-order chi connectivity index (χ0) is 19.8. The number of nitrogens with one attached hydrogen (secondary N) is 1. The first-order chi connectivity index (χ1) is 13.7. The summed E-state index contributed by atoms with van der Waals surface area (Å²) in [7, 11) is 0. The number of amides is 1.